The van der Waals surface area contributed by atoms with Crippen molar-refractivity contribution in [2.24, 2.45) is 11.7 Å². The van der Waals surface area contributed by atoms with E-state index in [1.165, 1.54) is 51.6 Å². The van der Waals surface area contributed by atoms with Crippen LogP contribution in [0.5, 0.6) is 0 Å². The normalized spacial score (nSPS) is 36.7. The molecular formula is C11H22N2. The zero-order valence-electron chi connectivity index (χ0n) is 8.54. The van der Waals surface area contributed by atoms with Gasteiger partial charge in [-0.2, -0.15) is 0 Å². The highest BCUT2D eigenvalue weighted by Crippen LogP contribution is 2.28. The van der Waals surface area contributed by atoms with E-state index in [4.69, 9.17) is 5.73 Å². The molecule has 76 valence electrons. The smallest absolute Gasteiger partial charge is 0.00983 e. The second-order valence-corrected chi connectivity index (χ2v) is 4.67. The van der Waals surface area contributed by atoms with Gasteiger partial charge in [0.25, 0.3) is 0 Å². The van der Waals surface area contributed by atoms with E-state index in [1.807, 2.05) is 0 Å². The fraction of sp³-hybridized carbons (Fsp3) is 1.00. The molecule has 0 aromatic rings. The molecule has 2 aliphatic rings. The van der Waals surface area contributed by atoms with Gasteiger partial charge in [-0.05, 0) is 57.7 Å². The van der Waals surface area contributed by atoms with Crippen molar-refractivity contribution >= 4 is 0 Å². The van der Waals surface area contributed by atoms with Crippen LogP contribution in [-0.2, 0) is 0 Å². The summed E-state index contributed by atoms with van der Waals surface area (Å²) >= 11 is 0. The molecule has 0 radical (unpaired) electrons. The van der Waals surface area contributed by atoms with Crippen molar-refractivity contribution in [1.29, 1.82) is 0 Å². The molecule has 2 fully saturated rings. The molecule has 2 atom stereocenters. The monoisotopic (exact) mass is 182 g/mol. The molecule has 0 amide bonds. The average molecular weight is 182 g/mol. The van der Waals surface area contributed by atoms with Crippen molar-refractivity contribution in [2.75, 3.05) is 19.6 Å². The molecule has 1 aliphatic carbocycles. The van der Waals surface area contributed by atoms with Gasteiger partial charge in [-0.15, -0.1) is 0 Å². The minimum Gasteiger partial charge on any atom is -0.330 e. The van der Waals surface area contributed by atoms with E-state index in [2.05, 4.69) is 4.90 Å². The standard InChI is InChI=1S/C11H22N2/c12-9-10-4-3-5-11(8-10)13-6-1-2-7-13/h10-11H,1-9,12H2. The van der Waals surface area contributed by atoms with Gasteiger partial charge in [0, 0.05) is 6.04 Å². The molecule has 0 aromatic carbocycles. The third kappa shape index (κ3) is 2.23. The van der Waals surface area contributed by atoms with E-state index < -0.39 is 0 Å². The Hall–Kier alpha value is -0.0800. The zero-order chi connectivity index (χ0) is 9.10. The predicted octanol–water partition coefficient (Wildman–Crippen LogP) is 1.60. The highest BCUT2D eigenvalue weighted by Gasteiger charge is 2.27. The second kappa shape index (κ2) is 4.43. The first-order valence-electron chi connectivity index (χ1n) is 5.84. The lowest BCUT2D eigenvalue weighted by molar-refractivity contribution is 0.159. The van der Waals surface area contributed by atoms with Crippen LogP contribution in [0.3, 0.4) is 0 Å². The van der Waals surface area contributed by atoms with Gasteiger partial charge in [-0.3, -0.25) is 0 Å². The summed E-state index contributed by atoms with van der Waals surface area (Å²) in [4.78, 5) is 2.70. The summed E-state index contributed by atoms with van der Waals surface area (Å²) in [5.41, 5.74) is 5.75. The summed E-state index contributed by atoms with van der Waals surface area (Å²) in [6, 6.07) is 0.879. The predicted molar refractivity (Wildman–Crippen MR) is 55.6 cm³/mol. The van der Waals surface area contributed by atoms with E-state index in [0.29, 0.717) is 0 Å². The fourth-order valence-corrected chi connectivity index (χ4v) is 2.92. The molecular weight excluding hydrogens is 160 g/mol. The minimum absolute atomic E-state index is 0.819. The Kier molecular flexibility index (Phi) is 3.23. The third-order valence-electron chi connectivity index (χ3n) is 3.75. The molecule has 2 unspecified atom stereocenters. The first kappa shape index (κ1) is 9.47. The highest BCUT2D eigenvalue weighted by molar-refractivity contribution is 4.82. The van der Waals surface area contributed by atoms with Gasteiger partial charge in [0.1, 0.15) is 0 Å². The maximum Gasteiger partial charge on any atom is 0.00983 e. The maximum atomic E-state index is 5.75. The van der Waals surface area contributed by atoms with Crippen LogP contribution in [-0.4, -0.2) is 30.6 Å². The quantitative estimate of drug-likeness (QED) is 0.703. The van der Waals surface area contributed by atoms with Crippen LogP contribution in [0.2, 0.25) is 0 Å². The molecule has 1 heterocycles. The Morgan fingerprint density at radius 1 is 1.08 bits per heavy atom. The van der Waals surface area contributed by atoms with Crippen LogP contribution in [0.25, 0.3) is 0 Å². The van der Waals surface area contributed by atoms with Gasteiger partial charge in [-0.1, -0.05) is 6.42 Å². The van der Waals surface area contributed by atoms with Gasteiger partial charge >= 0.3 is 0 Å². The van der Waals surface area contributed by atoms with Crippen LogP contribution in [0.4, 0.5) is 0 Å². The molecule has 0 spiro atoms. The summed E-state index contributed by atoms with van der Waals surface area (Å²) in [5.74, 6) is 0.819. The third-order valence-corrected chi connectivity index (χ3v) is 3.75. The van der Waals surface area contributed by atoms with Gasteiger partial charge in [0.15, 0.2) is 0 Å². The molecule has 2 N–H and O–H groups in total. The summed E-state index contributed by atoms with van der Waals surface area (Å²) in [5, 5.41) is 0. The lowest BCUT2D eigenvalue weighted by Crippen LogP contribution is -2.38. The molecule has 2 nitrogen and oxygen atoms in total. The van der Waals surface area contributed by atoms with Gasteiger partial charge in [-0.25, -0.2) is 0 Å². The Bertz CT molecular complexity index is 152. The first-order valence-corrected chi connectivity index (χ1v) is 5.84. The highest BCUT2D eigenvalue weighted by atomic mass is 15.2. The zero-order valence-corrected chi connectivity index (χ0v) is 8.54. The number of nitrogens with zero attached hydrogens (tertiary/aromatic N) is 1. The number of nitrogens with two attached hydrogens (primary N) is 1. The Morgan fingerprint density at radius 3 is 2.54 bits per heavy atom. The van der Waals surface area contributed by atoms with Crippen molar-refractivity contribution in [1.82, 2.24) is 4.90 Å². The van der Waals surface area contributed by atoms with Gasteiger partial charge in [0.05, 0.1) is 0 Å². The minimum atomic E-state index is 0.819. The molecule has 0 aromatic heterocycles. The van der Waals surface area contributed by atoms with Crippen LogP contribution in [0.15, 0.2) is 0 Å². The van der Waals surface area contributed by atoms with Crippen LogP contribution in [0, 0.1) is 5.92 Å². The summed E-state index contributed by atoms with van der Waals surface area (Å²) < 4.78 is 0. The topological polar surface area (TPSA) is 29.3 Å². The summed E-state index contributed by atoms with van der Waals surface area (Å²) in [7, 11) is 0. The molecule has 1 aliphatic heterocycles. The van der Waals surface area contributed by atoms with Crippen molar-refractivity contribution in [2.45, 2.75) is 44.6 Å². The van der Waals surface area contributed by atoms with Gasteiger partial charge < -0.3 is 10.6 Å². The summed E-state index contributed by atoms with van der Waals surface area (Å²) in [6.07, 6.45) is 8.42. The molecule has 1 saturated carbocycles. The average Bonchev–Trinajstić information content (AvgIpc) is 2.71. The number of hydrogen-bond donors (Lipinski definition) is 1. The maximum absolute atomic E-state index is 5.75. The molecule has 13 heavy (non-hydrogen) atoms. The molecule has 2 rings (SSSR count). The van der Waals surface area contributed by atoms with E-state index in [-0.39, 0.29) is 0 Å². The lowest BCUT2D eigenvalue weighted by Gasteiger charge is -2.34. The van der Waals surface area contributed by atoms with E-state index in [0.717, 1.165) is 18.5 Å². The van der Waals surface area contributed by atoms with E-state index in [1.54, 1.807) is 0 Å². The molecule has 0 bridgehead atoms. The Balaban J connectivity index is 1.84. The van der Waals surface area contributed by atoms with E-state index in [9.17, 15) is 0 Å². The summed E-state index contributed by atoms with van der Waals surface area (Å²) in [6.45, 7) is 3.61. The van der Waals surface area contributed by atoms with E-state index >= 15 is 0 Å². The van der Waals surface area contributed by atoms with Crippen LogP contribution >= 0.6 is 0 Å². The van der Waals surface area contributed by atoms with Crippen molar-refractivity contribution in [3.8, 4) is 0 Å². The van der Waals surface area contributed by atoms with Crippen LogP contribution in [0.1, 0.15) is 38.5 Å². The van der Waals surface area contributed by atoms with Crippen LogP contribution < -0.4 is 5.73 Å². The number of likely N-dealkylation sites (tertiary alicyclic amines) is 1. The lowest BCUT2D eigenvalue weighted by atomic mass is 9.85. The molecule has 2 heteroatoms. The Morgan fingerprint density at radius 2 is 1.85 bits per heavy atom. The largest absolute Gasteiger partial charge is 0.330 e. The SMILES string of the molecule is NCC1CCCC(N2CCCC2)C1. The number of rotatable bonds is 2. The fourth-order valence-electron chi connectivity index (χ4n) is 2.92. The van der Waals surface area contributed by atoms with Crippen molar-refractivity contribution < 1.29 is 0 Å². The van der Waals surface area contributed by atoms with Crippen molar-refractivity contribution in [3.63, 3.8) is 0 Å². The Labute approximate surface area is 81.5 Å². The number of hydrogen-bond acceptors (Lipinski definition) is 2. The molecule has 1 saturated heterocycles. The van der Waals surface area contributed by atoms with Gasteiger partial charge in [0.2, 0.25) is 0 Å². The first-order chi connectivity index (χ1) is 6.40. The van der Waals surface area contributed by atoms with Crippen molar-refractivity contribution in [3.05, 3.63) is 0 Å². The second-order valence-electron chi connectivity index (χ2n) is 4.67.